The molecule has 0 unspecified atom stereocenters. The molecule has 2 nitrogen and oxygen atoms in total. The molecule has 0 amide bonds. The quantitative estimate of drug-likeness (QED) is 0.502. The van der Waals surface area contributed by atoms with Crippen LogP contribution in [0, 0.1) is 0 Å². The maximum Gasteiger partial charge on any atom is 0.105 e. The maximum absolute atomic E-state index is 5.26. The molecule has 0 atom stereocenters. The molecule has 0 aliphatic rings. The van der Waals surface area contributed by atoms with Gasteiger partial charge in [0.1, 0.15) is 6.61 Å². The van der Waals surface area contributed by atoms with E-state index in [4.69, 9.17) is 4.74 Å². The molecular formula is C16H14BrNO. The fraction of sp³-hybridized carbons (Fsp3) is 0.125. The lowest BCUT2D eigenvalue weighted by Gasteiger charge is -2.07. The molecule has 0 saturated heterocycles. The van der Waals surface area contributed by atoms with Crippen LogP contribution < -0.4 is 0 Å². The van der Waals surface area contributed by atoms with Crippen molar-refractivity contribution < 1.29 is 4.74 Å². The predicted molar refractivity (Wildman–Crippen MR) is 83.3 cm³/mol. The molecule has 96 valence electrons. The zero-order valence-corrected chi connectivity index (χ0v) is 12.1. The van der Waals surface area contributed by atoms with Crippen molar-refractivity contribution in [3.63, 3.8) is 0 Å². The van der Waals surface area contributed by atoms with Gasteiger partial charge in [-0.2, -0.15) is 0 Å². The Balaban J connectivity index is 2.23. The minimum absolute atomic E-state index is 0.632. The Morgan fingerprint density at radius 2 is 1.89 bits per heavy atom. The standard InChI is InChI=1S/C16H14BrNO/c1-2-19-10-9-18-15-6-4-3-5-13(15)14-11-12(17)7-8-16(14)18/h2-8,11H,1,9-10H2. The van der Waals surface area contributed by atoms with E-state index < -0.39 is 0 Å². The molecule has 0 N–H and O–H groups in total. The number of ether oxygens (including phenoxy) is 1. The fourth-order valence-corrected chi connectivity index (χ4v) is 2.86. The average Bonchev–Trinajstić information content (AvgIpc) is 2.73. The highest BCUT2D eigenvalue weighted by Gasteiger charge is 2.09. The van der Waals surface area contributed by atoms with Crippen LogP contribution in [0.1, 0.15) is 0 Å². The molecule has 0 spiro atoms. The first kappa shape index (κ1) is 12.3. The summed E-state index contributed by atoms with van der Waals surface area (Å²) in [6.07, 6.45) is 1.49. The number of hydrogen-bond acceptors (Lipinski definition) is 1. The van der Waals surface area contributed by atoms with Gasteiger partial charge in [-0.3, -0.25) is 0 Å². The van der Waals surface area contributed by atoms with Crippen molar-refractivity contribution in [2.45, 2.75) is 6.54 Å². The van der Waals surface area contributed by atoms with Gasteiger partial charge in [0, 0.05) is 26.3 Å². The van der Waals surface area contributed by atoms with E-state index in [1.807, 2.05) is 0 Å². The van der Waals surface area contributed by atoms with E-state index in [0.29, 0.717) is 6.61 Å². The zero-order valence-electron chi connectivity index (χ0n) is 10.5. The lowest BCUT2D eigenvalue weighted by atomic mass is 10.2. The van der Waals surface area contributed by atoms with Gasteiger partial charge in [-0.1, -0.05) is 40.7 Å². The SMILES string of the molecule is C=COCCn1c2ccccc2c2cc(Br)ccc21. The van der Waals surface area contributed by atoms with Gasteiger partial charge in [0.25, 0.3) is 0 Å². The average molecular weight is 316 g/mol. The van der Waals surface area contributed by atoms with Crippen LogP contribution in [0.3, 0.4) is 0 Å². The molecule has 0 radical (unpaired) electrons. The van der Waals surface area contributed by atoms with Crippen LogP contribution in [-0.4, -0.2) is 11.2 Å². The van der Waals surface area contributed by atoms with Gasteiger partial charge in [-0.05, 0) is 24.3 Å². The summed E-state index contributed by atoms with van der Waals surface area (Å²) in [7, 11) is 0. The maximum atomic E-state index is 5.26. The van der Waals surface area contributed by atoms with E-state index in [-0.39, 0.29) is 0 Å². The van der Waals surface area contributed by atoms with E-state index in [9.17, 15) is 0 Å². The van der Waals surface area contributed by atoms with Crippen LogP contribution in [0.2, 0.25) is 0 Å². The first-order chi connectivity index (χ1) is 9.31. The van der Waals surface area contributed by atoms with Crippen molar-refractivity contribution in [1.29, 1.82) is 0 Å². The van der Waals surface area contributed by atoms with Crippen LogP contribution in [0.25, 0.3) is 21.8 Å². The predicted octanol–water partition coefficient (Wildman–Crippen LogP) is 4.72. The highest BCUT2D eigenvalue weighted by molar-refractivity contribution is 9.10. The molecule has 0 aliphatic heterocycles. The topological polar surface area (TPSA) is 14.2 Å². The third kappa shape index (κ3) is 2.15. The Bertz CT molecular complexity index is 745. The van der Waals surface area contributed by atoms with Crippen molar-refractivity contribution in [2.24, 2.45) is 0 Å². The molecule has 0 fully saturated rings. The number of hydrogen-bond donors (Lipinski definition) is 0. The third-order valence-electron chi connectivity index (χ3n) is 3.29. The summed E-state index contributed by atoms with van der Waals surface area (Å²) in [6.45, 7) is 5.03. The van der Waals surface area contributed by atoms with Crippen LogP contribution in [0.15, 0.2) is 59.8 Å². The summed E-state index contributed by atoms with van der Waals surface area (Å²) < 4.78 is 8.66. The monoisotopic (exact) mass is 315 g/mol. The number of fused-ring (bicyclic) bond motifs is 3. The summed E-state index contributed by atoms with van der Waals surface area (Å²) in [6, 6.07) is 14.8. The molecule has 1 aromatic heterocycles. The molecule has 0 bridgehead atoms. The van der Waals surface area contributed by atoms with E-state index in [2.05, 4.69) is 69.5 Å². The number of aromatic nitrogens is 1. The molecule has 0 saturated carbocycles. The molecular weight excluding hydrogens is 302 g/mol. The summed E-state index contributed by atoms with van der Waals surface area (Å²) in [5.74, 6) is 0. The normalized spacial score (nSPS) is 11.0. The number of nitrogens with zero attached hydrogens (tertiary/aromatic N) is 1. The Kier molecular flexibility index (Phi) is 3.30. The summed E-state index contributed by atoms with van der Waals surface area (Å²) in [5, 5.41) is 2.54. The second-order valence-electron chi connectivity index (χ2n) is 4.37. The van der Waals surface area contributed by atoms with E-state index in [0.717, 1.165) is 11.0 Å². The van der Waals surface area contributed by atoms with Gasteiger partial charge < -0.3 is 9.30 Å². The van der Waals surface area contributed by atoms with Crippen molar-refractivity contribution in [3.8, 4) is 0 Å². The minimum Gasteiger partial charge on any atom is -0.500 e. The van der Waals surface area contributed by atoms with E-state index in [1.54, 1.807) is 0 Å². The van der Waals surface area contributed by atoms with Crippen molar-refractivity contribution in [2.75, 3.05) is 6.61 Å². The Morgan fingerprint density at radius 1 is 1.11 bits per heavy atom. The molecule has 19 heavy (non-hydrogen) atoms. The van der Waals surface area contributed by atoms with Crippen LogP contribution in [-0.2, 0) is 11.3 Å². The number of rotatable bonds is 4. The lowest BCUT2D eigenvalue weighted by molar-refractivity contribution is 0.239. The summed E-state index contributed by atoms with van der Waals surface area (Å²) in [4.78, 5) is 0. The summed E-state index contributed by atoms with van der Waals surface area (Å²) >= 11 is 3.54. The number of para-hydroxylation sites is 1. The van der Waals surface area contributed by atoms with Gasteiger partial charge >= 0.3 is 0 Å². The number of benzene rings is 2. The smallest absolute Gasteiger partial charge is 0.105 e. The van der Waals surface area contributed by atoms with Crippen LogP contribution >= 0.6 is 15.9 Å². The first-order valence-corrected chi connectivity index (χ1v) is 6.99. The first-order valence-electron chi connectivity index (χ1n) is 6.20. The molecule has 3 heteroatoms. The Hall–Kier alpha value is -1.74. The third-order valence-corrected chi connectivity index (χ3v) is 3.78. The molecule has 1 heterocycles. The summed E-state index contributed by atoms with van der Waals surface area (Å²) in [5.41, 5.74) is 2.47. The van der Waals surface area contributed by atoms with Crippen molar-refractivity contribution >= 4 is 37.7 Å². The highest BCUT2D eigenvalue weighted by Crippen LogP contribution is 2.30. The second kappa shape index (κ2) is 5.10. The van der Waals surface area contributed by atoms with Crippen LogP contribution in [0.4, 0.5) is 0 Å². The molecule has 3 rings (SSSR count). The van der Waals surface area contributed by atoms with Crippen LogP contribution in [0.5, 0.6) is 0 Å². The Morgan fingerprint density at radius 3 is 2.74 bits per heavy atom. The van der Waals surface area contributed by atoms with Crippen molar-refractivity contribution in [3.05, 3.63) is 59.8 Å². The van der Waals surface area contributed by atoms with Gasteiger partial charge in [-0.25, -0.2) is 0 Å². The lowest BCUT2D eigenvalue weighted by Crippen LogP contribution is -2.03. The minimum atomic E-state index is 0.632. The zero-order chi connectivity index (χ0) is 13.2. The molecule has 3 aromatic rings. The van der Waals surface area contributed by atoms with Crippen molar-refractivity contribution in [1.82, 2.24) is 4.57 Å². The van der Waals surface area contributed by atoms with Gasteiger partial charge in [0.15, 0.2) is 0 Å². The largest absolute Gasteiger partial charge is 0.500 e. The number of halogens is 1. The van der Waals surface area contributed by atoms with Gasteiger partial charge in [0.05, 0.1) is 12.8 Å². The van der Waals surface area contributed by atoms with E-state index >= 15 is 0 Å². The molecule has 0 aliphatic carbocycles. The fourth-order valence-electron chi connectivity index (χ4n) is 2.49. The van der Waals surface area contributed by atoms with Gasteiger partial charge in [-0.15, -0.1) is 0 Å². The molecule has 2 aromatic carbocycles. The van der Waals surface area contributed by atoms with E-state index in [1.165, 1.54) is 28.1 Å². The second-order valence-corrected chi connectivity index (χ2v) is 5.28. The Labute approximate surface area is 120 Å². The van der Waals surface area contributed by atoms with Gasteiger partial charge in [0.2, 0.25) is 0 Å². The highest BCUT2D eigenvalue weighted by atomic mass is 79.9.